The van der Waals surface area contributed by atoms with E-state index in [9.17, 15) is 0 Å². The number of fused-ring (bicyclic) bond motifs is 1. The van der Waals surface area contributed by atoms with E-state index in [-0.39, 0.29) is 0 Å². The summed E-state index contributed by atoms with van der Waals surface area (Å²) in [5, 5.41) is 0. The van der Waals surface area contributed by atoms with Crippen LogP contribution in [0.15, 0.2) is 36.4 Å². The minimum absolute atomic E-state index is 0.633. The maximum absolute atomic E-state index is 5.68. The first-order chi connectivity index (χ1) is 10.1. The Hall–Kier alpha value is -2.07. The van der Waals surface area contributed by atoms with Crippen LogP contribution in [0.2, 0.25) is 0 Å². The van der Waals surface area contributed by atoms with Gasteiger partial charge >= 0.3 is 0 Å². The fourth-order valence-corrected chi connectivity index (χ4v) is 2.81. The molecule has 0 aliphatic heterocycles. The van der Waals surface area contributed by atoms with Crippen LogP contribution in [0.5, 0.6) is 5.75 Å². The molecular weight excluding hydrogens is 280 g/mol. The van der Waals surface area contributed by atoms with Crippen molar-refractivity contribution < 1.29 is 4.74 Å². The number of nitrogens with one attached hydrogen (secondary N) is 1. The minimum atomic E-state index is 0.633. The monoisotopic (exact) mass is 298 g/mol. The van der Waals surface area contributed by atoms with E-state index in [0.29, 0.717) is 11.4 Å². The van der Waals surface area contributed by atoms with Gasteiger partial charge in [0.15, 0.2) is 4.77 Å². The predicted molar refractivity (Wildman–Crippen MR) is 89.1 cm³/mol. The molecule has 0 saturated heterocycles. The average Bonchev–Trinajstić information content (AvgIpc) is 2.80. The second kappa shape index (κ2) is 5.37. The third-order valence-electron chi connectivity index (χ3n) is 3.73. The summed E-state index contributed by atoms with van der Waals surface area (Å²) in [5.41, 5.74) is 5.59. The molecular formula is C17H18N2OS. The number of aromatic amines is 1. The van der Waals surface area contributed by atoms with Crippen molar-refractivity contribution in [1.29, 1.82) is 0 Å². The molecule has 0 spiro atoms. The van der Waals surface area contributed by atoms with Crippen molar-refractivity contribution in [1.82, 2.24) is 9.55 Å². The Kier molecular flexibility index (Phi) is 3.55. The Bertz CT molecular complexity index is 861. The maximum atomic E-state index is 5.68. The van der Waals surface area contributed by atoms with E-state index in [1.54, 1.807) is 0 Å². The highest BCUT2D eigenvalue weighted by Gasteiger charge is 2.11. The summed E-state index contributed by atoms with van der Waals surface area (Å²) < 4.78 is 8.41. The Balaban J connectivity index is 2.27. The van der Waals surface area contributed by atoms with Crippen LogP contribution in [-0.4, -0.2) is 16.2 Å². The molecule has 3 nitrogen and oxygen atoms in total. The van der Waals surface area contributed by atoms with Crippen LogP contribution in [0.1, 0.15) is 18.1 Å². The van der Waals surface area contributed by atoms with E-state index >= 15 is 0 Å². The van der Waals surface area contributed by atoms with E-state index in [2.05, 4.69) is 47.7 Å². The number of rotatable bonds is 3. The number of nitrogens with zero attached hydrogens (tertiary/aromatic N) is 1. The van der Waals surface area contributed by atoms with Gasteiger partial charge in [0.25, 0.3) is 0 Å². The lowest BCUT2D eigenvalue weighted by atomic mass is 10.1. The number of para-hydroxylation sites is 1. The number of aromatic nitrogens is 2. The first kappa shape index (κ1) is 13.9. The molecule has 3 aromatic rings. The summed E-state index contributed by atoms with van der Waals surface area (Å²) in [4.78, 5) is 3.27. The average molecular weight is 298 g/mol. The second-order valence-electron chi connectivity index (χ2n) is 5.12. The summed E-state index contributed by atoms with van der Waals surface area (Å²) in [6.45, 7) is 6.84. The van der Waals surface area contributed by atoms with Crippen LogP contribution in [0.4, 0.5) is 0 Å². The SMILES string of the molecule is CCOc1cccc2c1[nH]c(=S)n2-c1ccc(C)c(C)c1. The van der Waals surface area contributed by atoms with Crippen molar-refractivity contribution in [3.63, 3.8) is 0 Å². The van der Waals surface area contributed by atoms with Gasteiger partial charge in [-0.1, -0.05) is 12.1 Å². The van der Waals surface area contributed by atoms with Gasteiger partial charge < -0.3 is 9.72 Å². The van der Waals surface area contributed by atoms with Crippen LogP contribution in [-0.2, 0) is 0 Å². The molecule has 0 atom stereocenters. The van der Waals surface area contributed by atoms with E-state index in [1.807, 2.05) is 19.1 Å². The molecule has 2 aromatic carbocycles. The summed E-state index contributed by atoms with van der Waals surface area (Å²) in [7, 11) is 0. The summed E-state index contributed by atoms with van der Waals surface area (Å²) >= 11 is 5.51. The summed E-state index contributed by atoms with van der Waals surface area (Å²) in [6, 6.07) is 12.4. The predicted octanol–water partition coefficient (Wildman–Crippen LogP) is 4.70. The quantitative estimate of drug-likeness (QED) is 0.710. The molecule has 0 bridgehead atoms. The Labute approximate surface area is 129 Å². The molecule has 0 radical (unpaired) electrons. The van der Waals surface area contributed by atoms with E-state index in [1.165, 1.54) is 11.1 Å². The zero-order valence-electron chi connectivity index (χ0n) is 12.4. The zero-order chi connectivity index (χ0) is 15.0. The van der Waals surface area contributed by atoms with Gasteiger partial charge in [0.2, 0.25) is 0 Å². The fraction of sp³-hybridized carbons (Fsp3) is 0.235. The fourth-order valence-electron chi connectivity index (χ4n) is 2.50. The number of H-pyrrole nitrogens is 1. The molecule has 0 saturated carbocycles. The number of ether oxygens (including phenoxy) is 1. The van der Waals surface area contributed by atoms with Crippen molar-refractivity contribution in [3.8, 4) is 11.4 Å². The molecule has 0 fully saturated rings. The Morgan fingerprint density at radius 1 is 1.14 bits per heavy atom. The third-order valence-corrected chi connectivity index (χ3v) is 4.01. The minimum Gasteiger partial charge on any atom is -0.492 e. The third kappa shape index (κ3) is 2.36. The number of hydrogen-bond acceptors (Lipinski definition) is 2. The summed E-state index contributed by atoms with van der Waals surface area (Å²) in [5.74, 6) is 0.837. The van der Waals surface area contributed by atoms with Crippen LogP contribution >= 0.6 is 12.2 Å². The van der Waals surface area contributed by atoms with Gasteiger partial charge in [-0.2, -0.15) is 0 Å². The molecule has 4 heteroatoms. The normalized spacial score (nSPS) is 11.0. The number of imidazole rings is 1. The highest BCUT2D eigenvalue weighted by Crippen LogP contribution is 2.27. The van der Waals surface area contributed by atoms with Gasteiger partial charge in [-0.05, 0) is 68.4 Å². The van der Waals surface area contributed by atoms with Crippen molar-refractivity contribution in [3.05, 3.63) is 52.3 Å². The zero-order valence-corrected chi connectivity index (χ0v) is 13.3. The van der Waals surface area contributed by atoms with Crippen LogP contribution in [0.3, 0.4) is 0 Å². The smallest absolute Gasteiger partial charge is 0.182 e. The highest BCUT2D eigenvalue weighted by molar-refractivity contribution is 7.71. The highest BCUT2D eigenvalue weighted by atomic mass is 32.1. The van der Waals surface area contributed by atoms with Gasteiger partial charge in [0.1, 0.15) is 11.3 Å². The number of hydrogen-bond donors (Lipinski definition) is 1. The van der Waals surface area contributed by atoms with Gasteiger partial charge in [0.05, 0.1) is 12.1 Å². The van der Waals surface area contributed by atoms with Crippen molar-refractivity contribution >= 4 is 23.3 Å². The van der Waals surface area contributed by atoms with Crippen molar-refractivity contribution in [2.24, 2.45) is 0 Å². The van der Waals surface area contributed by atoms with Crippen molar-refractivity contribution in [2.75, 3.05) is 6.61 Å². The lowest BCUT2D eigenvalue weighted by Crippen LogP contribution is -1.96. The molecule has 1 N–H and O–H groups in total. The van der Waals surface area contributed by atoms with Gasteiger partial charge in [0, 0.05) is 5.69 Å². The second-order valence-corrected chi connectivity index (χ2v) is 5.50. The first-order valence-corrected chi connectivity index (χ1v) is 7.47. The van der Waals surface area contributed by atoms with Crippen LogP contribution in [0.25, 0.3) is 16.7 Å². The van der Waals surface area contributed by atoms with Crippen LogP contribution < -0.4 is 4.74 Å². The standard InChI is InChI=1S/C17H18N2OS/c1-4-20-15-7-5-6-14-16(15)18-17(21)19(14)13-9-8-11(2)12(3)10-13/h5-10H,4H2,1-3H3,(H,18,21). The van der Waals surface area contributed by atoms with Crippen molar-refractivity contribution in [2.45, 2.75) is 20.8 Å². The largest absolute Gasteiger partial charge is 0.492 e. The Morgan fingerprint density at radius 3 is 2.67 bits per heavy atom. The van der Waals surface area contributed by atoms with E-state index in [0.717, 1.165) is 22.5 Å². The number of benzene rings is 2. The molecule has 108 valence electrons. The van der Waals surface area contributed by atoms with Gasteiger partial charge in [-0.25, -0.2) is 0 Å². The molecule has 0 aliphatic carbocycles. The maximum Gasteiger partial charge on any atom is 0.182 e. The number of aryl methyl sites for hydroxylation is 2. The molecule has 1 heterocycles. The van der Waals surface area contributed by atoms with Crippen LogP contribution in [0, 0.1) is 18.6 Å². The molecule has 21 heavy (non-hydrogen) atoms. The molecule has 3 rings (SSSR count). The molecule has 0 amide bonds. The first-order valence-electron chi connectivity index (χ1n) is 7.06. The van der Waals surface area contributed by atoms with Gasteiger partial charge in [-0.3, -0.25) is 4.57 Å². The lowest BCUT2D eigenvalue weighted by Gasteiger charge is -2.08. The topological polar surface area (TPSA) is 29.9 Å². The van der Waals surface area contributed by atoms with E-state index < -0.39 is 0 Å². The molecule has 1 aromatic heterocycles. The molecule has 0 aliphatic rings. The van der Waals surface area contributed by atoms with Gasteiger partial charge in [-0.15, -0.1) is 0 Å². The lowest BCUT2D eigenvalue weighted by molar-refractivity contribution is 0.343. The summed E-state index contributed by atoms with van der Waals surface area (Å²) in [6.07, 6.45) is 0. The molecule has 0 unspecified atom stereocenters. The van der Waals surface area contributed by atoms with E-state index in [4.69, 9.17) is 17.0 Å². The Morgan fingerprint density at radius 2 is 1.95 bits per heavy atom.